The molecule has 0 aliphatic carbocycles. The van der Waals surface area contributed by atoms with Crippen molar-refractivity contribution >= 4 is 17.7 Å². The van der Waals surface area contributed by atoms with Crippen LogP contribution in [0.15, 0.2) is 36.4 Å². The van der Waals surface area contributed by atoms with Crippen LogP contribution in [0.4, 0.5) is 50.0 Å². The first-order valence-corrected chi connectivity index (χ1v) is 12.8. The molecular formula is C28H29F9N2O3. The third-order valence-electron chi connectivity index (χ3n) is 6.70. The number of halogens is 9. The van der Waals surface area contributed by atoms with Gasteiger partial charge in [0.25, 0.3) is 0 Å². The molecule has 42 heavy (non-hydrogen) atoms. The van der Waals surface area contributed by atoms with Gasteiger partial charge in [0.1, 0.15) is 5.60 Å². The van der Waals surface area contributed by atoms with Gasteiger partial charge in [-0.15, -0.1) is 0 Å². The summed E-state index contributed by atoms with van der Waals surface area (Å²) in [4.78, 5) is 27.9. The van der Waals surface area contributed by atoms with E-state index >= 15 is 0 Å². The van der Waals surface area contributed by atoms with Gasteiger partial charge in [0, 0.05) is 32.0 Å². The maximum atomic E-state index is 13.6. The molecule has 3 rings (SSSR count). The Labute approximate surface area is 236 Å². The Balaban J connectivity index is 2.08. The summed E-state index contributed by atoms with van der Waals surface area (Å²) in [6.07, 6.45) is -15.7. The summed E-state index contributed by atoms with van der Waals surface area (Å²) in [7, 11) is 0. The molecule has 1 aliphatic rings. The van der Waals surface area contributed by atoms with Crippen LogP contribution in [0.5, 0.6) is 0 Å². The summed E-state index contributed by atoms with van der Waals surface area (Å²) in [6.45, 7) is 6.43. The molecule has 0 aromatic heterocycles. The first-order chi connectivity index (χ1) is 19.0. The number of nitrogens with zero attached hydrogens (tertiary/aromatic N) is 2. The molecule has 1 heterocycles. The van der Waals surface area contributed by atoms with Crippen LogP contribution in [0.3, 0.4) is 0 Å². The second-order valence-corrected chi connectivity index (χ2v) is 11.0. The molecule has 0 bridgehead atoms. The van der Waals surface area contributed by atoms with E-state index in [2.05, 4.69) is 0 Å². The van der Waals surface area contributed by atoms with Crippen molar-refractivity contribution < 1.29 is 53.8 Å². The van der Waals surface area contributed by atoms with E-state index in [9.17, 15) is 49.1 Å². The lowest BCUT2D eigenvalue weighted by molar-refractivity contribution is -0.143. The van der Waals surface area contributed by atoms with E-state index in [0.29, 0.717) is 12.1 Å². The zero-order chi connectivity index (χ0) is 32.0. The molecule has 0 spiro atoms. The van der Waals surface area contributed by atoms with Gasteiger partial charge in [0.2, 0.25) is 5.91 Å². The number of carbonyl (C=O) groups is 2. The normalized spacial score (nSPS) is 17.7. The van der Waals surface area contributed by atoms with Crippen molar-refractivity contribution in [1.29, 1.82) is 0 Å². The molecule has 1 aliphatic heterocycles. The number of amides is 2. The van der Waals surface area contributed by atoms with Crippen LogP contribution in [0.1, 0.15) is 74.8 Å². The van der Waals surface area contributed by atoms with Crippen molar-refractivity contribution in [2.75, 3.05) is 11.4 Å². The van der Waals surface area contributed by atoms with Crippen molar-refractivity contribution in [2.24, 2.45) is 0 Å². The summed E-state index contributed by atoms with van der Waals surface area (Å²) in [5.41, 5.74) is -5.48. The van der Waals surface area contributed by atoms with Crippen LogP contribution >= 0.6 is 0 Å². The number of rotatable bonds is 5. The standard InChI is InChI=1S/C28H29F9N2O3/c1-6-22-21(20-8-7-17(26(29,30)31)12-23(20)39(22)24(41)42-25(3,4)5)14-38(15(2)40)13-16-9-18(27(32,33)34)11-19(10-16)28(35,36)37/h7-12,21-22H,6,13-14H2,1-5H3/t21-,22+/m0/s1. The van der Waals surface area contributed by atoms with Crippen molar-refractivity contribution in [3.63, 3.8) is 0 Å². The number of carbonyl (C=O) groups excluding carboxylic acids is 2. The Morgan fingerprint density at radius 3 is 1.79 bits per heavy atom. The number of alkyl halides is 9. The molecule has 0 unspecified atom stereocenters. The van der Waals surface area contributed by atoms with E-state index in [1.54, 1.807) is 27.7 Å². The molecule has 2 aromatic carbocycles. The molecule has 5 nitrogen and oxygen atoms in total. The van der Waals surface area contributed by atoms with Crippen LogP contribution in [0.2, 0.25) is 0 Å². The molecule has 2 aromatic rings. The van der Waals surface area contributed by atoms with E-state index < -0.39 is 76.9 Å². The molecule has 0 saturated carbocycles. The van der Waals surface area contributed by atoms with E-state index in [1.807, 2.05) is 0 Å². The fourth-order valence-corrected chi connectivity index (χ4v) is 4.91. The lowest BCUT2D eigenvalue weighted by Crippen LogP contribution is -2.44. The molecule has 232 valence electrons. The highest BCUT2D eigenvalue weighted by atomic mass is 19.4. The summed E-state index contributed by atoms with van der Waals surface area (Å²) >= 11 is 0. The Kier molecular flexibility index (Phi) is 8.91. The quantitative estimate of drug-likeness (QED) is 0.319. The molecule has 0 N–H and O–H groups in total. The van der Waals surface area contributed by atoms with E-state index in [-0.39, 0.29) is 30.3 Å². The Morgan fingerprint density at radius 2 is 1.36 bits per heavy atom. The number of hydrogen-bond donors (Lipinski definition) is 0. The number of ether oxygens (including phenoxy) is 1. The van der Waals surface area contributed by atoms with Gasteiger partial charge in [0.15, 0.2) is 0 Å². The highest BCUT2D eigenvalue weighted by Crippen LogP contribution is 2.46. The van der Waals surface area contributed by atoms with Crippen LogP contribution in [-0.2, 0) is 34.6 Å². The number of anilines is 1. The number of benzene rings is 2. The molecule has 0 fully saturated rings. The second kappa shape index (κ2) is 11.3. The second-order valence-electron chi connectivity index (χ2n) is 11.0. The molecular weight excluding hydrogens is 583 g/mol. The van der Waals surface area contributed by atoms with Crippen molar-refractivity contribution in [1.82, 2.24) is 4.90 Å². The summed E-state index contributed by atoms with van der Waals surface area (Å²) in [5.74, 6) is -1.54. The van der Waals surface area contributed by atoms with E-state index in [1.165, 1.54) is 0 Å². The maximum absolute atomic E-state index is 13.6. The molecule has 14 heteroatoms. The predicted octanol–water partition coefficient (Wildman–Crippen LogP) is 8.41. The Hall–Kier alpha value is -3.45. The minimum Gasteiger partial charge on any atom is -0.443 e. The van der Waals surface area contributed by atoms with E-state index in [0.717, 1.165) is 34.9 Å². The molecule has 0 saturated heterocycles. The maximum Gasteiger partial charge on any atom is 0.416 e. The minimum absolute atomic E-state index is 0.0289. The molecule has 2 amide bonds. The fraction of sp³-hybridized carbons (Fsp3) is 0.500. The highest BCUT2D eigenvalue weighted by molar-refractivity contribution is 5.92. The van der Waals surface area contributed by atoms with Crippen molar-refractivity contribution in [3.05, 3.63) is 64.2 Å². The van der Waals surface area contributed by atoms with Crippen molar-refractivity contribution in [3.8, 4) is 0 Å². The third-order valence-corrected chi connectivity index (χ3v) is 6.70. The van der Waals surface area contributed by atoms with Crippen LogP contribution in [0.25, 0.3) is 0 Å². The van der Waals surface area contributed by atoms with Gasteiger partial charge in [-0.3, -0.25) is 9.69 Å². The third kappa shape index (κ3) is 7.49. The van der Waals surface area contributed by atoms with Gasteiger partial charge in [-0.25, -0.2) is 4.79 Å². The van der Waals surface area contributed by atoms with Gasteiger partial charge in [-0.1, -0.05) is 13.0 Å². The summed E-state index contributed by atoms with van der Waals surface area (Å²) < 4.78 is 127. The lowest BCUT2D eigenvalue weighted by atomic mass is 9.92. The summed E-state index contributed by atoms with van der Waals surface area (Å²) in [5, 5.41) is 0. The largest absolute Gasteiger partial charge is 0.443 e. The van der Waals surface area contributed by atoms with Gasteiger partial charge >= 0.3 is 24.6 Å². The zero-order valence-corrected chi connectivity index (χ0v) is 23.3. The van der Waals surface area contributed by atoms with Crippen molar-refractivity contribution in [2.45, 2.75) is 83.7 Å². The Bertz CT molecular complexity index is 1300. The van der Waals surface area contributed by atoms with Gasteiger partial charge < -0.3 is 9.64 Å². The minimum atomic E-state index is -5.10. The fourth-order valence-electron chi connectivity index (χ4n) is 4.91. The van der Waals surface area contributed by atoms with Crippen LogP contribution in [0, 0.1) is 0 Å². The topological polar surface area (TPSA) is 49.9 Å². The lowest BCUT2D eigenvalue weighted by Gasteiger charge is -2.32. The first kappa shape index (κ1) is 33.1. The highest BCUT2D eigenvalue weighted by Gasteiger charge is 2.45. The smallest absolute Gasteiger partial charge is 0.416 e. The van der Waals surface area contributed by atoms with E-state index in [4.69, 9.17) is 4.74 Å². The monoisotopic (exact) mass is 612 g/mol. The van der Waals surface area contributed by atoms with Gasteiger partial charge in [-0.2, -0.15) is 39.5 Å². The number of fused-ring (bicyclic) bond motifs is 1. The average Bonchev–Trinajstić information content (AvgIpc) is 3.13. The Morgan fingerprint density at radius 1 is 0.833 bits per heavy atom. The predicted molar refractivity (Wildman–Crippen MR) is 135 cm³/mol. The first-order valence-electron chi connectivity index (χ1n) is 12.8. The molecule has 2 atom stereocenters. The van der Waals surface area contributed by atoms with Crippen LogP contribution in [-0.4, -0.2) is 35.1 Å². The van der Waals surface area contributed by atoms with Gasteiger partial charge in [-0.05, 0) is 68.7 Å². The zero-order valence-electron chi connectivity index (χ0n) is 23.3. The number of hydrogen-bond acceptors (Lipinski definition) is 3. The SMILES string of the molecule is CC[C@@H]1[C@@H](CN(Cc2cc(C(F)(F)F)cc(C(F)(F)F)c2)C(C)=O)c2ccc(C(F)(F)F)cc2N1C(=O)OC(C)(C)C. The van der Waals surface area contributed by atoms with Gasteiger partial charge in [0.05, 0.1) is 22.4 Å². The van der Waals surface area contributed by atoms with Crippen LogP contribution < -0.4 is 4.90 Å². The summed E-state index contributed by atoms with van der Waals surface area (Å²) in [6, 6.07) is 2.88. The average molecular weight is 613 g/mol. The molecule has 0 radical (unpaired) electrons.